The van der Waals surface area contributed by atoms with E-state index in [0.717, 1.165) is 33.3 Å². The molecule has 0 amide bonds. The number of hydrogen-bond donors (Lipinski definition) is 2. The first-order valence-electron chi connectivity index (χ1n) is 7.61. The van der Waals surface area contributed by atoms with Crippen LogP contribution in [-0.2, 0) is 4.79 Å². The molecule has 0 aliphatic carbocycles. The van der Waals surface area contributed by atoms with E-state index < -0.39 is 0 Å². The maximum Gasteiger partial charge on any atom is 0.138 e. The van der Waals surface area contributed by atoms with Gasteiger partial charge in [-0.2, -0.15) is 0 Å². The number of hydrogen-bond acceptors (Lipinski definition) is 5. The minimum Gasteiger partial charge on any atom is -0.307 e. The van der Waals surface area contributed by atoms with Gasteiger partial charge in [0, 0.05) is 15.6 Å². The van der Waals surface area contributed by atoms with Gasteiger partial charge in [-0.15, -0.1) is 0 Å². The maximum absolute atomic E-state index is 10.7. The Labute approximate surface area is 149 Å². The summed E-state index contributed by atoms with van der Waals surface area (Å²) < 4.78 is 0.976. The zero-order valence-electron chi connectivity index (χ0n) is 13.2. The molecule has 2 aromatic rings. The molecule has 1 aliphatic rings. The molecular formula is C18H17BrN4O. The van der Waals surface area contributed by atoms with Crippen LogP contribution in [0.1, 0.15) is 18.1 Å². The average Bonchev–Trinajstić information content (AvgIpc) is 2.79. The third kappa shape index (κ3) is 3.77. The highest BCUT2D eigenvalue weighted by atomic mass is 79.9. The van der Waals surface area contributed by atoms with E-state index in [1.54, 1.807) is 6.92 Å². The third-order valence-electron chi connectivity index (χ3n) is 3.55. The Morgan fingerprint density at radius 3 is 2.75 bits per heavy atom. The number of aldehydes is 1. The van der Waals surface area contributed by atoms with Crippen LogP contribution in [-0.4, -0.2) is 30.4 Å². The van der Waals surface area contributed by atoms with E-state index >= 15 is 0 Å². The van der Waals surface area contributed by atoms with E-state index in [9.17, 15) is 4.79 Å². The van der Waals surface area contributed by atoms with Gasteiger partial charge in [-0.1, -0.05) is 46.3 Å². The summed E-state index contributed by atoms with van der Waals surface area (Å²) in [6.45, 7) is 2.16. The second kappa shape index (κ2) is 7.51. The normalized spacial score (nSPS) is 14.8. The smallest absolute Gasteiger partial charge is 0.138 e. The van der Waals surface area contributed by atoms with Gasteiger partial charge >= 0.3 is 0 Å². The first-order chi connectivity index (χ1) is 11.7. The number of nitrogens with zero attached hydrogens (tertiary/aromatic N) is 2. The predicted octanol–water partition coefficient (Wildman–Crippen LogP) is 3.01. The van der Waals surface area contributed by atoms with Crippen molar-refractivity contribution in [1.29, 1.82) is 0 Å². The minimum absolute atomic E-state index is 0.307. The largest absolute Gasteiger partial charge is 0.307 e. The van der Waals surface area contributed by atoms with Crippen LogP contribution in [0.25, 0.3) is 0 Å². The van der Waals surface area contributed by atoms with Crippen LogP contribution in [0, 0.1) is 0 Å². The van der Waals surface area contributed by atoms with E-state index in [1.807, 2.05) is 48.5 Å². The molecule has 0 bridgehead atoms. The second-order valence-corrected chi connectivity index (χ2v) is 6.36. The van der Waals surface area contributed by atoms with Crippen molar-refractivity contribution < 1.29 is 4.79 Å². The van der Waals surface area contributed by atoms with E-state index in [-0.39, 0.29) is 6.04 Å². The van der Waals surface area contributed by atoms with Crippen molar-refractivity contribution in [3.8, 4) is 0 Å². The van der Waals surface area contributed by atoms with E-state index in [4.69, 9.17) is 4.99 Å². The monoisotopic (exact) mass is 384 g/mol. The molecule has 6 heteroatoms. The van der Waals surface area contributed by atoms with Crippen molar-refractivity contribution in [2.45, 2.75) is 13.0 Å². The highest BCUT2D eigenvalue weighted by molar-refractivity contribution is 9.10. The predicted molar refractivity (Wildman–Crippen MR) is 100.0 cm³/mol. The number of aliphatic imine (C=N–C) groups is 2. The Morgan fingerprint density at radius 1 is 1.21 bits per heavy atom. The van der Waals surface area contributed by atoms with Crippen LogP contribution in [0.15, 0.2) is 63.0 Å². The summed E-state index contributed by atoms with van der Waals surface area (Å²) in [4.78, 5) is 20.1. The molecule has 0 radical (unpaired) electrons. The maximum atomic E-state index is 10.7. The van der Waals surface area contributed by atoms with Gasteiger partial charge in [0.25, 0.3) is 0 Å². The molecule has 5 nitrogen and oxygen atoms in total. The zero-order valence-corrected chi connectivity index (χ0v) is 14.7. The standard InChI is InChI=1S/C18H17BrN4O/c1-12(11-24)22-23-17-10-20-18(13-5-3-2-4-6-13)15-9-14(19)7-8-16(15)21-17/h2-9,11-12,22H,10H2,1H3,(H,21,23). The summed E-state index contributed by atoms with van der Waals surface area (Å²) in [5.74, 6) is 0.665. The Hall–Kier alpha value is -2.31. The van der Waals surface area contributed by atoms with Crippen LogP contribution in [0.3, 0.4) is 0 Å². The van der Waals surface area contributed by atoms with Crippen molar-refractivity contribution in [1.82, 2.24) is 10.9 Å². The van der Waals surface area contributed by atoms with E-state index in [0.29, 0.717) is 12.4 Å². The summed E-state index contributed by atoms with van der Waals surface area (Å²) in [6, 6.07) is 15.7. The van der Waals surface area contributed by atoms with Gasteiger partial charge < -0.3 is 10.2 Å². The van der Waals surface area contributed by atoms with Crippen molar-refractivity contribution in [2.24, 2.45) is 9.98 Å². The van der Waals surface area contributed by atoms with Crippen LogP contribution >= 0.6 is 15.9 Å². The molecule has 1 aliphatic heterocycles. The average molecular weight is 385 g/mol. The molecule has 0 fully saturated rings. The van der Waals surface area contributed by atoms with E-state index in [1.165, 1.54) is 0 Å². The molecule has 1 heterocycles. The molecule has 0 spiro atoms. The summed E-state index contributed by atoms with van der Waals surface area (Å²) in [5.41, 5.74) is 9.63. The molecular weight excluding hydrogens is 368 g/mol. The van der Waals surface area contributed by atoms with Gasteiger partial charge in [0.2, 0.25) is 0 Å². The molecule has 0 saturated heterocycles. The van der Waals surface area contributed by atoms with Gasteiger partial charge in [-0.25, -0.2) is 10.4 Å². The van der Waals surface area contributed by atoms with Gasteiger partial charge in [-0.05, 0) is 25.1 Å². The summed E-state index contributed by atoms with van der Waals surface area (Å²) >= 11 is 3.52. The van der Waals surface area contributed by atoms with Gasteiger partial charge in [0.05, 0.1) is 24.0 Å². The van der Waals surface area contributed by atoms with Crippen LogP contribution in [0.2, 0.25) is 0 Å². The fourth-order valence-electron chi connectivity index (χ4n) is 2.36. The number of carbonyl (C=O) groups excluding carboxylic acids is 1. The Kier molecular flexibility index (Phi) is 5.17. The lowest BCUT2D eigenvalue weighted by Crippen LogP contribution is -2.44. The van der Waals surface area contributed by atoms with Crippen LogP contribution < -0.4 is 10.9 Å². The molecule has 1 unspecified atom stereocenters. The Balaban J connectivity index is 1.99. The number of fused-ring (bicyclic) bond motifs is 1. The second-order valence-electron chi connectivity index (χ2n) is 5.44. The number of hydrazine groups is 1. The van der Waals surface area contributed by atoms with Gasteiger partial charge in [0.1, 0.15) is 12.1 Å². The van der Waals surface area contributed by atoms with Crippen molar-refractivity contribution in [3.63, 3.8) is 0 Å². The van der Waals surface area contributed by atoms with E-state index in [2.05, 4.69) is 31.8 Å². The van der Waals surface area contributed by atoms with Gasteiger partial charge in [-0.3, -0.25) is 4.99 Å². The highest BCUT2D eigenvalue weighted by Crippen LogP contribution is 2.28. The fraction of sp³-hybridized carbons (Fsp3) is 0.167. The van der Waals surface area contributed by atoms with Crippen LogP contribution in [0.4, 0.5) is 5.69 Å². The lowest BCUT2D eigenvalue weighted by atomic mass is 10.0. The van der Waals surface area contributed by atoms with Crippen LogP contribution in [0.5, 0.6) is 0 Å². The molecule has 3 rings (SSSR count). The number of amidine groups is 1. The molecule has 122 valence electrons. The van der Waals surface area contributed by atoms with Crippen molar-refractivity contribution >= 4 is 39.5 Å². The molecule has 0 saturated carbocycles. The Bertz CT molecular complexity index is 802. The topological polar surface area (TPSA) is 65.8 Å². The Morgan fingerprint density at radius 2 is 2.00 bits per heavy atom. The zero-order chi connectivity index (χ0) is 16.9. The lowest BCUT2D eigenvalue weighted by Gasteiger charge is -2.10. The molecule has 2 N–H and O–H groups in total. The summed E-state index contributed by atoms with van der Waals surface area (Å²) in [5, 5.41) is 0. The van der Waals surface area contributed by atoms with Crippen molar-refractivity contribution in [3.05, 3.63) is 64.1 Å². The fourth-order valence-corrected chi connectivity index (χ4v) is 2.72. The number of nitrogens with one attached hydrogen (secondary N) is 2. The quantitative estimate of drug-likeness (QED) is 0.628. The molecule has 0 aromatic heterocycles. The minimum atomic E-state index is -0.307. The molecule has 24 heavy (non-hydrogen) atoms. The number of benzene rings is 2. The first kappa shape index (κ1) is 16.5. The SMILES string of the molecule is CC(C=O)NNC1=Nc2ccc(Br)cc2C(c2ccccc2)=NC1. The number of carbonyl (C=O) groups is 1. The first-order valence-corrected chi connectivity index (χ1v) is 8.41. The summed E-state index contributed by atoms with van der Waals surface area (Å²) in [6.07, 6.45) is 0.827. The molecule has 1 atom stereocenters. The number of rotatable bonds is 4. The lowest BCUT2D eigenvalue weighted by molar-refractivity contribution is -0.109. The summed E-state index contributed by atoms with van der Waals surface area (Å²) in [7, 11) is 0. The highest BCUT2D eigenvalue weighted by Gasteiger charge is 2.16. The third-order valence-corrected chi connectivity index (χ3v) is 4.04. The molecule has 2 aromatic carbocycles. The van der Waals surface area contributed by atoms with Crippen molar-refractivity contribution in [2.75, 3.05) is 6.54 Å². The number of halogens is 1. The van der Waals surface area contributed by atoms with Gasteiger partial charge in [0.15, 0.2) is 0 Å².